The van der Waals surface area contributed by atoms with Crippen LogP contribution in [0, 0.1) is 11.3 Å². The topological polar surface area (TPSA) is 41.9 Å². The van der Waals surface area contributed by atoms with Crippen LogP contribution in [0.4, 0.5) is 0 Å². The molecule has 2 aliphatic heterocycles. The van der Waals surface area contributed by atoms with E-state index < -0.39 is 0 Å². The Kier molecular flexibility index (Phi) is 5.25. The molecule has 0 spiro atoms. The summed E-state index contributed by atoms with van der Waals surface area (Å²) in [4.78, 5) is 2.44. The molecule has 0 radical (unpaired) electrons. The molecular weight excluding hydrogens is 326 g/mol. The van der Waals surface area contributed by atoms with Gasteiger partial charge in [0.15, 0.2) is 0 Å². The highest BCUT2D eigenvalue weighted by molar-refractivity contribution is 5.33. The lowest BCUT2D eigenvalue weighted by molar-refractivity contribution is -0.0561. The van der Waals surface area contributed by atoms with Gasteiger partial charge in [0.05, 0.1) is 13.2 Å². The lowest BCUT2D eigenvalue weighted by atomic mass is 9.76. The van der Waals surface area contributed by atoms with Crippen molar-refractivity contribution in [3.63, 3.8) is 0 Å². The Balaban J connectivity index is 1.44. The Morgan fingerprint density at radius 3 is 2.73 bits per heavy atom. The van der Waals surface area contributed by atoms with Crippen LogP contribution < -0.4 is 4.74 Å². The highest BCUT2D eigenvalue weighted by Crippen LogP contribution is 2.41. The first-order valence-electron chi connectivity index (χ1n) is 9.45. The summed E-state index contributed by atoms with van der Waals surface area (Å²) >= 11 is 0. The zero-order valence-corrected chi connectivity index (χ0v) is 15.1. The molecule has 26 heavy (non-hydrogen) atoms. The first-order chi connectivity index (χ1) is 12.8. The number of likely N-dealkylation sites (tertiary alicyclic amines) is 1. The van der Waals surface area contributed by atoms with E-state index in [0.717, 1.165) is 38.4 Å². The summed E-state index contributed by atoms with van der Waals surface area (Å²) in [5, 5.41) is 9.97. The molecular formula is C22H27NO3. The Morgan fingerprint density at radius 2 is 1.92 bits per heavy atom. The number of nitrogens with zero attached hydrogens (tertiary/aromatic N) is 1. The van der Waals surface area contributed by atoms with E-state index in [4.69, 9.17) is 9.47 Å². The lowest BCUT2D eigenvalue weighted by Crippen LogP contribution is -2.42. The first kappa shape index (κ1) is 17.5. The van der Waals surface area contributed by atoms with Gasteiger partial charge in [0, 0.05) is 37.2 Å². The summed E-state index contributed by atoms with van der Waals surface area (Å²) in [6.07, 6.45) is 1.04. The Labute approximate surface area is 155 Å². The van der Waals surface area contributed by atoms with E-state index in [1.807, 2.05) is 30.3 Å². The van der Waals surface area contributed by atoms with Gasteiger partial charge in [0.25, 0.3) is 0 Å². The van der Waals surface area contributed by atoms with Gasteiger partial charge in [0.2, 0.25) is 0 Å². The van der Waals surface area contributed by atoms with Crippen molar-refractivity contribution >= 4 is 0 Å². The predicted octanol–water partition coefficient (Wildman–Crippen LogP) is 3.10. The third kappa shape index (κ3) is 3.63. The molecule has 2 saturated heterocycles. The Hall–Kier alpha value is -1.88. The molecule has 2 fully saturated rings. The van der Waals surface area contributed by atoms with Crippen LogP contribution in [-0.2, 0) is 17.9 Å². The third-order valence-corrected chi connectivity index (χ3v) is 5.80. The van der Waals surface area contributed by atoms with Crippen molar-refractivity contribution in [1.82, 2.24) is 4.90 Å². The molecule has 0 bridgehead atoms. The van der Waals surface area contributed by atoms with E-state index >= 15 is 0 Å². The summed E-state index contributed by atoms with van der Waals surface area (Å²) in [7, 11) is 0. The zero-order chi connectivity index (χ0) is 17.8. The monoisotopic (exact) mass is 353 g/mol. The van der Waals surface area contributed by atoms with Crippen molar-refractivity contribution in [2.24, 2.45) is 11.3 Å². The molecule has 138 valence electrons. The molecule has 1 N–H and O–H groups in total. The van der Waals surface area contributed by atoms with Gasteiger partial charge in [-0.05, 0) is 24.0 Å². The number of fused-ring (bicyclic) bond motifs is 1. The number of para-hydroxylation sites is 1. The van der Waals surface area contributed by atoms with Crippen molar-refractivity contribution in [3.8, 4) is 5.75 Å². The minimum atomic E-state index is -0.0852. The molecule has 0 amide bonds. The number of benzene rings is 2. The van der Waals surface area contributed by atoms with Crippen LogP contribution in [0.2, 0.25) is 0 Å². The van der Waals surface area contributed by atoms with Crippen LogP contribution in [0.25, 0.3) is 0 Å². The van der Waals surface area contributed by atoms with E-state index in [1.165, 1.54) is 11.1 Å². The van der Waals surface area contributed by atoms with Crippen molar-refractivity contribution in [2.45, 2.75) is 19.6 Å². The van der Waals surface area contributed by atoms with Crippen molar-refractivity contribution in [1.29, 1.82) is 0 Å². The van der Waals surface area contributed by atoms with Crippen molar-refractivity contribution in [3.05, 3.63) is 65.7 Å². The highest BCUT2D eigenvalue weighted by atomic mass is 16.5. The van der Waals surface area contributed by atoms with Gasteiger partial charge in [-0.2, -0.15) is 0 Å². The van der Waals surface area contributed by atoms with Gasteiger partial charge >= 0.3 is 0 Å². The maximum atomic E-state index is 9.97. The number of rotatable bonds is 6. The van der Waals surface area contributed by atoms with Gasteiger partial charge in [0.1, 0.15) is 12.4 Å². The van der Waals surface area contributed by atoms with Crippen molar-refractivity contribution < 1.29 is 14.6 Å². The van der Waals surface area contributed by atoms with Crippen LogP contribution in [0.1, 0.15) is 17.5 Å². The minimum Gasteiger partial charge on any atom is -0.489 e. The molecule has 4 heteroatoms. The molecule has 0 aliphatic carbocycles. The second-order valence-electron chi connectivity index (χ2n) is 7.61. The second-order valence-corrected chi connectivity index (χ2v) is 7.61. The fourth-order valence-corrected chi connectivity index (χ4v) is 4.30. The molecule has 4 nitrogen and oxygen atoms in total. The molecule has 0 saturated carbocycles. The number of ether oxygens (including phenoxy) is 2. The molecule has 4 rings (SSSR count). The van der Waals surface area contributed by atoms with E-state index in [1.54, 1.807) is 0 Å². The van der Waals surface area contributed by atoms with E-state index in [0.29, 0.717) is 19.1 Å². The van der Waals surface area contributed by atoms with Gasteiger partial charge in [-0.3, -0.25) is 4.90 Å². The number of hydrogen-bond acceptors (Lipinski definition) is 4. The summed E-state index contributed by atoms with van der Waals surface area (Å²) in [6, 6.07) is 18.5. The predicted molar refractivity (Wildman–Crippen MR) is 101 cm³/mol. The van der Waals surface area contributed by atoms with Crippen LogP contribution in [-0.4, -0.2) is 42.9 Å². The lowest BCUT2D eigenvalue weighted by Gasteiger charge is -2.36. The summed E-state index contributed by atoms with van der Waals surface area (Å²) in [5.74, 6) is 1.47. The normalized spacial score (nSPS) is 25.8. The molecule has 0 unspecified atom stereocenters. The summed E-state index contributed by atoms with van der Waals surface area (Å²) in [6.45, 7) is 5.05. The second kappa shape index (κ2) is 7.78. The smallest absolute Gasteiger partial charge is 0.124 e. The maximum Gasteiger partial charge on any atom is 0.124 e. The van der Waals surface area contributed by atoms with Gasteiger partial charge in [-0.1, -0.05) is 48.5 Å². The van der Waals surface area contributed by atoms with Crippen molar-refractivity contribution in [2.75, 3.05) is 32.9 Å². The SMILES string of the molecule is OC[C@]12COCC[C@H]1CN(Cc1ccccc1OCc1ccccc1)C2. The molecule has 2 atom stereocenters. The first-order valence-corrected chi connectivity index (χ1v) is 9.45. The average molecular weight is 353 g/mol. The van der Waals surface area contributed by atoms with Crippen LogP contribution in [0.5, 0.6) is 5.75 Å². The molecule has 0 aromatic heterocycles. The fraction of sp³-hybridized carbons (Fsp3) is 0.455. The van der Waals surface area contributed by atoms with Crippen LogP contribution in [0.15, 0.2) is 54.6 Å². The fourth-order valence-electron chi connectivity index (χ4n) is 4.30. The Bertz CT molecular complexity index is 720. The summed E-state index contributed by atoms with van der Waals surface area (Å²) in [5.41, 5.74) is 2.29. The van der Waals surface area contributed by atoms with E-state index in [9.17, 15) is 5.11 Å². The quantitative estimate of drug-likeness (QED) is 0.867. The van der Waals surface area contributed by atoms with E-state index in [-0.39, 0.29) is 12.0 Å². The molecule has 2 heterocycles. The number of aliphatic hydroxyl groups is 1. The zero-order valence-electron chi connectivity index (χ0n) is 15.1. The molecule has 2 aromatic carbocycles. The third-order valence-electron chi connectivity index (χ3n) is 5.80. The molecule has 2 aliphatic rings. The van der Waals surface area contributed by atoms with E-state index in [2.05, 4.69) is 29.2 Å². The minimum absolute atomic E-state index is 0.0852. The summed E-state index contributed by atoms with van der Waals surface area (Å²) < 4.78 is 11.8. The maximum absolute atomic E-state index is 9.97. The van der Waals surface area contributed by atoms with Gasteiger partial charge in [-0.15, -0.1) is 0 Å². The van der Waals surface area contributed by atoms with Gasteiger partial charge < -0.3 is 14.6 Å². The van der Waals surface area contributed by atoms with Crippen LogP contribution >= 0.6 is 0 Å². The number of hydrogen-bond donors (Lipinski definition) is 1. The average Bonchev–Trinajstić information content (AvgIpc) is 3.06. The highest BCUT2D eigenvalue weighted by Gasteiger charge is 2.48. The standard InChI is InChI=1S/C22H27NO3/c24-16-22-15-23(13-20(22)10-11-25-17-22)12-19-8-4-5-9-21(19)26-14-18-6-2-1-3-7-18/h1-9,20,24H,10-17H2/t20-,22+/m0/s1. The van der Waals surface area contributed by atoms with Crippen LogP contribution in [0.3, 0.4) is 0 Å². The number of aliphatic hydroxyl groups excluding tert-OH is 1. The Morgan fingerprint density at radius 1 is 1.12 bits per heavy atom. The largest absolute Gasteiger partial charge is 0.489 e. The molecule has 2 aromatic rings. The van der Waals surface area contributed by atoms with Gasteiger partial charge in [-0.25, -0.2) is 0 Å².